The number of hydrogen-bond acceptors (Lipinski definition) is 4. The first-order valence-corrected chi connectivity index (χ1v) is 10.2. The fraction of sp³-hybridized carbons (Fsp3) is 0.364. The lowest BCUT2D eigenvalue weighted by Crippen LogP contribution is -2.62. The van der Waals surface area contributed by atoms with Crippen LogP contribution in [-0.4, -0.2) is 55.5 Å². The van der Waals surface area contributed by atoms with Crippen LogP contribution in [0.1, 0.15) is 23.2 Å². The average molecular weight is 413 g/mol. The van der Waals surface area contributed by atoms with Gasteiger partial charge in [0.25, 0.3) is 5.91 Å². The van der Waals surface area contributed by atoms with Crippen LogP contribution in [0.2, 0.25) is 5.02 Å². The summed E-state index contributed by atoms with van der Waals surface area (Å²) in [6.45, 7) is 2.32. The highest BCUT2D eigenvalue weighted by Crippen LogP contribution is 2.36. The number of piperidine rings is 1. The molecular formula is C22H25ClN4O2. The van der Waals surface area contributed by atoms with Gasteiger partial charge in [-0.3, -0.25) is 9.79 Å². The van der Waals surface area contributed by atoms with Crippen LogP contribution < -0.4 is 10.6 Å². The van der Waals surface area contributed by atoms with E-state index in [1.807, 2.05) is 41.3 Å². The van der Waals surface area contributed by atoms with Crippen LogP contribution in [0.15, 0.2) is 53.5 Å². The molecule has 1 saturated heterocycles. The monoisotopic (exact) mass is 412 g/mol. The third kappa shape index (κ3) is 3.95. The summed E-state index contributed by atoms with van der Waals surface area (Å²) >= 11 is 6.28. The molecule has 1 amide bonds. The maximum atomic E-state index is 13.2. The summed E-state index contributed by atoms with van der Waals surface area (Å²) in [5.41, 5.74) is 2.08. The standard InChI is InChI=1S/C22H25ClN4O2/c1-29-14-12-24-21-22(26-19-10-5-4-9-18(19)25-21)11-6-13-27(15-22)20(28)16-7-2-3-8-17(16)23/h2-5,7-10,26H,6,11-15H2,1H3,(H,24,25)/t22-/m0/s1. The Bertz CT molecular complexity index is 933. The molecule has 0 unspecified atom stereocenters. The highest BCUT2D eigenvalue weighted by atomic mass is 35.5. The minimum Gasteiger partial charge on any atom is -0.383 e. The minimum atomic E-state index is -0.461. The molecule has 1 fully saturated rings. The zero-order valence-corrected chi connectivity index (χ0v) is 17.2. The number of hydrogen-bond donors (Lipinski definition) is 2. The number of carbonyl (C=O) groups excluding carboxylic acids is 1. The molecule has 2 N–H and O–H groups in total. The summed E-state index contributed by atoms with van der Waals surface area (Å²) in [6, 6.07) is 15.3. The molecule has 0 radical (unpaired) electrons. The second-order valence-electron chi connectivity index (χ2n) is 7.41. The quantitative estimate of drug-likeness (QED) is 0.747. The molecule has 1 atom stereocenters. The van der Waals surface area contributed by atoms with E-state index in [9.17, 15) is 4.79 Å². The van der Waals surface area contributed by atoms with Gasteiger partial charge in [-0.2, -0.15) is 0 Å². The number of anilines is 2. The number of para-hydroxylation sites is 2. The fourth-order valence-electron chi connectivity index (χ4n) is 4.03. The zero-order valence-electron chi connectivity index (χ0n) is 16.5. The van der Waals surface area contributed by atoms with Gasteiger partial charge in [-0.25, -0.2) is 0 Å². The van der Waals surface area contributed by atoms with Crippen molar-refractivity contribution in [1.29, 1.82) is 0 Å². The van der Waals surface area contributed by atoms with E-state index in [4.69, 9.17) is 21.3 Å². The maximum absolute atomic E-state index is 13.2. The molecule has 29 heavy (non-hydrogen) atoms. The molecule has 0 saturated carbocycles. The van der Waals surface area contributed by atoms with Crippen LogP contribution in [0.25, 0.3) is 0 Å². The average Bonchev–Trinajstić information content (AvgIpc) is 2.74. The van der Waals surface area contributed by atoms with E-state index < -0.39 is 5.54 Å². The maximum Gasteiger partial charge on any atom is 0.255 e. The third-order valence-corrected chi connectivity index (χ3v) is 5.79. The number of rotatable bonds is 4. The topological polar surface area (TPSA) is 66.0 Å². The molecule has 0 bridgehead atoms. The van der Waals surface area contributed by atoms with Gasteiger partial charge in [0.05, 0.1) is 41.7 Å². The normalized spacial score (nSPS) is 22.1. The van der Waals surface area contributed by atoms with Crippen molar-refractivity contribution in [3.05, 3.63) is 59.1 Å². The molecule has 2 aliphatic rings. The number of methoxy groups -OCH3 is 1. The lowest BCUT2D eigenvalue weighted by molar-refractivity contribution is 0.0694. The first kappa shape index (κ1) is 19.7. The van der Waals surface area contributed by atoms with Crippen molar-refractivity contribution in [3.8, 4) is 0 Å². The number of nitrogens with one attached hydrogen (secondary N) is 2. The zero-order chi connectivity index (χ0) is 20.3. The first-order chi connectivity index (χ1) is 14.1. The molecule has 152 valence electrons. The van der Waals surface area contributed by atoms with Gasteiger partial charge in [-0.15, -0.1) is 0 Å². The van der Waals surface area contributed by atoms with Crippen LogP contribution in [0.3, 0.4) is 0 Å². The Morgan fingerprint density at radius 2 is 1.97 bits per heavy atom. The van der Waals surface area contributed by atoms with Crippen LogP contribution in [0.5, 0.6) is 0 Å². The van der Waals surface area contributed by atoms with Crippen molar-refractivity contribution in [2.75, 3.05) is 44.0 Å². The van der Waals surface area contributed by atoms with Crippen molar-refractivity contribution >= 4 is 34.7 Å². The van der Waals surface area contributed by atoms with Crippen LogP contribution in [-0.2, 0) is 4.74 Å². The van der Waals surface area contributed by atoms with Crippen molar-refractivity contribution in [3.63, 3.8) is 0 Å². The Morgan fingerprint density at radius 3 is 2.76 bits per heavy atom. The van der Waals surface area contributed by atoms with Gasteiger partial charge in [-0.1, -0.05) is 35.9 Å². The van der Waals surface area contributed by atoms with Gasteiger partial charge in [0, 0.05) is 13.7 Å². The molecule has 4 rings (SSSR count). The Labute approximate surface area is 175 Å². The molecule has 7 heteroatoms. The molecule has 0 aromatic heterocycles. The van der Waals surface area contributed by atoms with Gasteiger partial charge < -0.3 is 20.3 Å². The summed E-state index contributed by atoms with van der Waals surface area (Å²) in [6.07, 6.45) is 1.75. The predicted molar refractivity (Wildman–Crippen MR) is 117 cm³/mol. The number of likely N-dealkylation sites (tertiary alicyclic amines) is 1. The highest BCUT2D eigenvalue weighted by molar-refractivity contribution is 6.33. The Morgan fingerprint density at radius 1 is 1.21 bits per heavy atom. The molecule has 2 aliphatic heterocycles. The van der Waals surface area contributed by atoms with Crippen molar-refractivity contribution in [2.24, 2.45) is 4.99 Å². The second kappa shape index (κ2) is 8.43. The lowest BCUT2D eigenvalue weighted by atomic mass is 9.85. The number of amides is 1. The Hall–Kier alpha value is -2.57. The fourth-order valence-corrected chi connectivity index (χ4v) is 4.25. The van der Waals surface area contributed by atoms with Crippen LogP contribution >= 0.6 is 11.6 Å². The summed E-state index contributed by atoms with van der Waals surface area (Å²) in [7, 11) is 1.67. The number of halogens is 1. The van der Waals surface area contributed by atoms with Gasteiger partial charge in [0.15, 0.2) is 0 Å². The summed E-state index contributed by atoms with van der Waals surface area (Å²) in [5.74, 6) is 0.802. The Kier molecular flexibility index (Phi) is 5.74. The number of benzene rings is 2. The number of ether oxygens (including phenoxy) is 1. The summed E-state index contributed by atoms with van der Waals surface area (Å²) in [5, 5.41) is 7.65. The summed E-state index contributed by atoms with van der Waals surface area (Å²) < 4.78 is 5.17. The van der Waals surface area contributed by atoms with E-state index in [-0.39, 0.29) is 5.91 Å². The molecule has 1 spiro atoms. The molecule has 2 heterocycles. The predicted octanol–water partition coefficient (Wildman–Crippen LogP) is 3.90. The van der Waals surface area contributed by atoms with Crippen molar-refractivity contribution < 1.29 is 9.53 Å². The van der Waals surface area contributed by atoms with Gasteiger partial charge in [-0.05, 0) is 37.1 Å². The van der Waals surface area contributed by atoms with Crippen molar-refractivity contribution in [2.45, 2.75) is 18.4 Å². The van der Waals surface area contributed by atoms with E-state index in [0.717, 1.165) is 30.1 Å². The first-order valence-electron chi connectivity index (χ1n) is 9.85. The van der Waals surface area contributed by atoms with E-state index in [1.165, 1.54) is 0 Å². The third-order valence-electron chi connectivity index (χ3n) is 5.46. The second-order valence-corrected chi connectivity index (χ2v) is 7.82. The number of aliphatic imine (C=N–C) groups is 1. The minimum absolute atomic E-state index is 0.0495. The van der Waals surface area contributed by atoms with Crippen molar-refractivity contribution in [1.82, 2.24) is 4.90 Å². The summed E-state index contributed by atoms with van der Waals surface area (Å²) in [4.78, 5) is 19.9. The number of nitrogens with zero attached hydrogens (tertiary/aromatic N) is 2. The van der Waals surface area contributed by atoms with Crippen LogP contribution in [0.4, 0.5) is 11.4 Å². The largest absolute Gasteiger partial charge is 0.383 e. The number of fused-ring (bicyclic) bond motifs is 1. The molecule has 2 aromatic rings. The van der Waals surface area contributed by atoms with E-state index in [1.54, 1.807) is 19.2 Å². The molecular weight excluding hydrogens is 388 g/mol. The van der Waals surface area contributed by atoms with Gasteiger partial charge >= 0.3 is 0 Å². The van der Waals surface area contributed by atoms with E-state index in [0.29, 0.717) is 36.8 Å². The molecule has 6 nitrogen and oxygen atoms in total. The highest BCUT2D eigenvalue weighted by Gasteiger charge is 2.44. The van der Waals surface area contributed by atoms with Gasteiger partial charge in [0.1, 0.15) is 11.4 Å². The SMILES string of the molecule is COCCN=C1Nc2ccccc2N[C@]12CCCN(C(=O)c1ccccc1Cl)C2. The lowest BCUT2D eigenvalue weighted by Gasteiger charge is -2.47. The van der Waals surface area contributed by atoms with E-state index >= 15 is 0 Å². The Balaban J connectivity index is 1.65. The number of carbonyl (C=O) groups is 1. The molecule has 0 aliphatic carbocycles. The van der Waals surface area contributed by atoms with Crippen LogP contribution in [0, 0.1) is 0 Å². The van der Waals surface area contributed by atoms with Gasteiger partial charge in [0.2, 0.25) is 0 Å². The molecule has 2 aromatic carbocycles. The van der Waals surface area contributed by atoms with E-state index in [2.05, 4.69) is 10.6 Å². The smallest absolute Gasteiger partial charge is 0.255 e. The number of amidine groups is 1.